The Morgan fingerprint density at radius 1 is 1.26 bits per heavy atom. The molecule has 6 nitrogen and oxygen atoms in total. The zero-order valence-electron chi connectivity index (χ0n) is 10.3. The van der Waals surface area contributed by atoms with Crippen LogP contribution in [0.1, 0.15) is 17.4 Å². The molecule has 0 fully saturated rings. The molecule has 2 aromatic rings. The molecule has 0 aliphatic rings. The summed E-state index contributed by atoms with van der Waals surface area (Å²) in [6, 6.07) is 2.77. The monoisotopic (exact) mass is 264 g/mol. The van der Waals surface area contributed by atoms with Gasteiger partial charge in [-0.15, -0.1) is 0 Å². The van der Waals surface area contributed by atoms with Gasteiger partial charge in [-0.05, 0) is 12.1 Å². The number of hydrogen-bond acceptors (Lipinski definition) is 3. The first-order valence-electron chi connectivity index (χ1n) is 5.73. The normalized spacial score (nSPS) is 10.4. The van der Waals surface area contributed by atoms with Crippen LogP contribution in [-0.4, -0.2) is 34.3 Å². The second-order valence-corrected chi connectivity index (χ2v) is 3.98. The van der Waals surface area contributed by atoms with Crippen molar-refractivity contribution in [2.45, 2.75) is 6.92 Å². The number of amides is 2. The van der Waals surface area contributed by atoms with Crippen molar-refractivity contribution in [3.05, 3.63) is 36.0 Å². The minimum absolute atomic E-state index is 0.155. The molecule has 0 aliphatic carbocycles. The molecular weight excluding hydrogens is 251 g/mol. The predicted molar refractivity (Wildman–Crippen MR) is 66.2 cm³/mol. The van der Waals surface area contributed by atoms with E-state index in [2.05, 4.69) is 15.6 Å². The molecule has 0 aliphatic heterocycles. The van der Waals surface area contributed by atoms with Gasteiger partial charge in [-0.3, -0.25) is 9.59 Å². The number of carbonyl (C=O) groups is 2. The standard InChI is InChI=1S/C12H13FN4O2/c1-8(18)14-4-5-15-12(19)10-7-17-6-9(13)2-3-11(17)16-10/h2-3,6-7H,4-5H2,1H3,(H,14,18)(H,15,19). The Hall–Kier alpha value is -2.44. The summed E-state index contributed by atoms with van der Waals surface area (Å²) in [6.07, 6.45) is 2.70. The highest BCUT2D eigenvalue weighted by molar-refractivity contribution is 5.92. The van der Waals surface area contributed by atoms with Crippen LogP contribution in [0.15, 0.2) is 24.5 Å². The van der Waals surface area contributed by atoms with Crippen molar-refractivity contribution in [2.24, 2.45) is 0 Å². The molecule has 0 aromatic carbocycles. The number of aromatic nitrogens is 2. The maximum atomic E-state index is 13.0. The molecule has 0 atom stereocenters. The highest BCUT2D eigenvalue weighted by atomic mass is 19.1. The number of nitrogens with one attached hydrogen (secondary N) is 2. The fraction of sp³-hybridized carbons (Fsp3) is 0.250. The molecule has 2 N–H and O–H groups in total. The van der Waals surface area contributed by atoms with Crippen LogP contribution in [0.5, 0.6) is 0 Å². The van der Waals surface area contributed by atoms with E-state index >= 15 is 0 Å². The van der Waals surface area contributed by atoms with Crippen LogP contribution in [0.2, 0.25) is 0 Å². The lowest BCUT2D eigenvalue weighted by molar-refractivity contribution is -0.118. The van der Waals surface area contributed by atoms with Gasteiger partial charge in [0.15, 0.2) is 0 Å². The number of carbonyl (C=O) groups excluding carboxylic acids is 2. The highest BCUT2D eigenvalue weighted by Gasteiger charge is 2.10. The fourth-order valence-electron chi connectivity index (χ4n) is 1.58. The molecule has 0 bridgehead atoms. The average molecular weight is 264 g/mol. The number of nitrogens with zero attached hydrogens (tertiary/aromatic N) is 2. The van der Waals surface area contributed by atoms with Gasteiger partial charge in [0.05, 0.1) is 0 Å². The number of pyridine rings is 1. The van der Waals surface area contributed by atoms with E-state index in [9.17, 15) is 14.0 Å². The van der Waals surface area contributed by atoms with Crippen molar-refractivity contribution in [2.75, 3.05) is 13.1 Å². The van der Waals surface area contributed by atoms with Gasteiger partial charge in [0, 0.05) is 32.4 Å². The number of halogens is 1. The summed E-state index contributed by atoms with van der Waals surface area (Å²) in [5, 5.41) is 5.16. The minimum atomic E-state index is -0.400. The first-order valence-corrected chi connectivity index (χ1v) is 5.73. The fourth-order valence-corrected chi connectivity index (χ4v) is 1.58. The van der Waals surface area contributed by atoms with E-state index in [1.165, 1.54) is 35.9 Å². The summed E-state index contributed by atoms with van der Waals surface area (Å²) in [5.41, 5.74) is 0.696. The second-order valence-electron chi connectivity index (χ2n) is 3.98. The molecule has 2 aromatic heterocycles. The Balaban J connectivity index is 1.99. The molecular formula is C12H13FN4O2. The van der Waals surface area contributed by atoms with Gasteiger partial charge in [0.25, 0.3) is 5.91 Å². The van der Waals surface area contributed by atoms with Gasteiger partial charge >= 0.3 is 0 Å². The average Bonchev–Trinajstić information content (AvgIpc) is 2.77. The van der Waals surface area contributed by atoms with Crippen molar-refractivity contribution < 1.29 is 14.0 Å². The second kappa shape index (κ2) is 5.47. The molecule has 0 unspecified atom stereocenters. The van der Waals surface area contributed by atoms with E-state index in [1.807, 2.05) is 0 Å². The number of fused-ring (bicyclic) bond motifs is 1. The molecule has 0 spiro atoms. The van der Waals surface area contributed by atoms with Crippen molar-refractivity contribution in [1.29, 1.82) is 0 Å². The van der Waals surface area contributed by atoms with Crippen molar-refractivity contribution in [3.8, 4) is 0 Å². The van der Waals surface area contributed by atoms with Crippen molar-refractivity contribution in [3.63, 3.8) is 0 Å². The van der Waals surface area contributed by atoms with Crippen molar-refractivity contribution in [1.82, 2.24) is 20.0 Å². The summed E-state index contributed by atoms with van der Waals surface area (Å²) < 4.78 is 14.4. The molecule has 2 heterocycles. The maximum absolute atomic E-state index is 13.0. The van der Waals surface area contributed by atoms with Gasteiger partial charge < -0.3 is 15.0 Å². The lowest BCUT2D eigenvalue weighted by Gasteiger charge is -2.03. The quantitative estimate of drug-likeness (QED) is 0.782. The summed E-state index contributed by atoms with van der Waals surface area (Å²) in [6.45, 7) is 2.06. The highest BCUT2D eigenvalue weighted by Crippen LogP contribution is 2.06. The molecule has 0 saturated heterocycles. The molecule has 0 saturated carbocycles. The zero-order chi connectivity index (χ0) is 13.8. The molecule has 7 heteroatoms. The van der Waals surface area contributed by atoms with Crippen LogP contribution in [0.3, 0.4) is 0 Å². The topological polar surface area (TPSA) is 75.5 Å². The molecule has 19 heavy (non-hydrogen) atoms. The predicted octanol–water partition coefficient (Wildman–Crippen LogP) is 0.339. The number of rotatable bonds is 4. The van der Waals surface area contributed by atoms with Crippen LogP contribution in [0.25, 0.3) is 5.65 Å². The Bertz CT molecular complexity index is 623. The lowest BCUT2D eigenvalue weighted by Crippen LogP contribution is -2.33. The lowest BCUT2D eigenvalue weighted by atomic mass is 10.4. The minimum Gasteiger partial charge on any atom is -0.355 e. The van der Waals surface area contributed by atoms with Crippen LogP contribution >= 0.6 is 0 Å². The number of hydrogen-bond donors (Lipinski definition) is 2. The van der Waals surface area contributed by atoms with E-state index in [-0.39, 0.29) is 17.5 Å². The Kier molecular flexibility index (Phi) is 3.74. The molecule has 0 radical (unpaired) electrons. The van der Waals surface area contributed by atoms with Gasteiger partial charge in [0.2, 0.25) is 5.91 Å². The summed E-state index contributed by atoms with van der Waals surface area (Å²) in [7, 11) is 0. The first-order chi connectivity index (χ1) is 9.06. The van der Waals surface area contributed by atoms with Crippen LogP contribution in [0.4, 0.5) is 4.39 Å². The first kappa shape index (κ1) is 13.0. The largest absolute Gasteiger partial charge is 0.355 e. The van der Waals surface area contributed by atoms with Gasteiger partial charge in [-0.25, -0.2) is 9.37 Å². The van der Waals surface area contributed by atoms with Gasteiger partial charge in [0.1, 0.15) is 17.2 Å². The molecule has 2 rings (SSSR count). The van der Waals surface area contributed by atoms with Gasteiger partial charge in [-0.1, -0.05) is 0 Å². The van der Waals surface area contributed by atoms with Crippen LogP contribution in [0, 0.1) is 5.82 Å². The Morgan fingerprint density at radius 2 is 2.00 bits per heavy atom. The smallest absolute Gasteiger partial charge is 0.271 e. The summed E-state index contributed by atoms with van der Waals surface area (Å²) in [4.78, 5) is 26.4. The molecule has 2 amide bonds. The van der Waals surface area contributed by atoms with Crippen LogP contribution in [-0.2, 0) is 4.79 Å². The summed E-state index contributed by atoms with van der Waals surface area (Å²) >= 11 is 0. The van der Waals surface area contributed by atoms with E-state index in [4.69, 9.17) is 0 Å². The van der Waals surface area contributed by atoms with E-state index in [0.29, 0.717) is 18.7 Å². The Morgan fingerprint density at radius 3 is 2.74 bits per heavy atom. The van der Waals surface area contributed by atoms with E-state index < -0.39 is 5.82 Å². The summed E-state index contributed by atoms with van der Waals surface area (Å²) in [5.74, 6) is -0.922. The van der Waals surface area contributed by atoms with Crippen molar-refractivity contribution >= 4 is 17.5 Å². The maximum Gasteiger partial charge on any atom is 0.271 e. The van der Waals surface area contributed by atoms with E-state index in [0.717, 1.165) is 0 Å². The third kappa shape index (κ3) is 3.27. The van der Waals surface area contributed by atoms with Gasteiger partial charge in [-0.2, -0.15) is 0 Å². The SMILES string of the molecule is CC(=O)NCCNC(=O)c1cn2cc(F)ccc2n1. The number of imidazole rings is 1. The Labute approximate surface area is 108 Å². The van der Waals surface area contributed by atoms with Crippen LogP contribution < -0.4 is 10.6 Å². The van der Waals surface area contributed by atoms with E-state index in [1.54, 1.807) is 0 Å². The third-order valence-corrected chi connectivity index (χ3v) is 2.43. The third-order valence-electron chi connectivity index (χ3n) is 2.43. The molecule has 100 valence electrons. The zero-order valence-corrected chi connectivity index (χ0v) is 10.3.